The molecule has 9 heteroatoms. The van der Waals surface area contributed by atoms with E-state index in [-0.39, 0.29) is 11.6 Å². The molecular formula is C19H20F2N6S. The zero-order valence-corrected chi connectivity index (χ0v) is 16.1. The topological polar surface area (TPSA) is 83.7 Å². The molecule has 1 saturated heterocycles. The average molecular weight is 402 g/mol. The molecule has 1 aliphatic carbocycles. The summed E-state index contributed by atoms with van der Waals surface area (Å²) in [6.07, 6.45) is 1.34. The number of pyridine rings is 1. The molecule has 2 fully saturated rings. The first-order valence-corrected chi connectivity index (χ1v) is 10.2. The predicted molar refractivity (Wildman–Crippen MR) is 104 cm³/mol. The third kappa shape index (κ3) is 2.84. The average Bonchev–Trinajstić information content (AvgIpc) is 3.07. The van der Waals surface area contributed by atoms with Crippen molar-refractivity contribution in [3.63, 3.8) is 0 Å². The number of H-pyrrole nitrogens is 1. The fraction of sp³-hybridized carbons (Fsp3) is 0.421. The maximum Gasteiger partial charge on any atom is 0.266 e. The van der Waals surface area contributed by atoms with Crippen LogP contribution in [0.4, 0.5) is 14.6 Å². The van der Waals surface area contributed by atoms with Crippen LogP contribution < -0.4 is 10.6 Å². The summed E-state index contributed by atoms with van der Waals surface area (Å²) >= 11 is 1.38. The number of alkyl halides is 2. The second-order valence-corrected chi connectivity index (χ2v) is 8.37. The smallest absolute Gasteiger partial charge is 0.266 e. The Kier molecular flexibility index (Phi) is 4.24. The van der Waals surface area contributed by atoms with Crippen molar-refractivity contribution in [2.45, 2.75) is 35.9 Å². The first kappa shape index (κ1) is 17.8. The van der Waals surface area contributed by atoms with Gasteiger partial charge >= 0.3 is 0 Å². The third-order valence-electron chi connectivity index (χ3n) is 5.71. The fourth-order valence-corrected chi connectivity index (χ4v) is 4.92. The number of aromatic amines is 1. The minimum absolute atomic E-state index is 0.0234. The lowest BCUT2D eigenvalue weighted by molar-refractivity contribution is 0.152. The molecule has 28 heavy (non-hydrogen) atoms. The normalized spacial score (nSPS) is 23.6. The number of fused-ring (bicyclic) bond motifs is 2. The molecule has 1 saturated carbocycles. The van der Waals surface area contributed by atoms with Gasteiger partial charge in [-0.2, -0.15) is 0 Å². The minimum atomic E-state index is -2.58. The SMILES string of the molecule is CCc1[nH]c2nc(Sc3cccnc3)nc(N3C[C@@H]4[C@@H](N)[C@@H]4C3)c2c1C(F)F. The fourth-order valence-electron chi connectivity index (χ4n) is 4.18. The van der Waals surface area contributed by atoms with Crippen LogP contribution >= 0.6 is 11.8 Å². The number of aryl methyl sites for hydroxylation is 1. The van der Waals surface area contributed by atoms with Gasteiger partial charge < -0.3 is 15.6 Å². The zero-order valence-electron chi connectivity index (χ0n) is 15.3. The Morgan fingerprint density at radius 2 is 2.11 bits per heavy atom. The van der Waals surface area contributed by atoms with Gasteiger partial charge in [-0.15, -0.1) is 0 Å². The van der Waals surface area contributed by atoms with Crippen LogP contribution in [0.3, 0.4) is 0 Å². The number of nitrogens with zero attached hydrogens (tertiary/aromatic N) is 4. The summed E-state index contributed by atoms with van der Waals surface area (Å²) in [6.45, 7) is 3.37. The summed E-state index contributed by atoms with van der Waals surface area (Å²) in [4.78, 5) is 19.5. The molecule has 146 valence electrons. The molecule has 0 amide bonds. The molecule has 2 aliphatic rings. The van der Waals surface area contributed by atoms with Gasteiger partial charge in [0.15, 0.2) is 5.16 Å². The van der Waals surface area contributed by atoms with Gasteiger partial charge in [-0.1, -0.05) is 6.92 Å². The lowest BCUT2D eigenvalue weighted by Gasteiger charge is -2.22. The van der Waals surface area contributed by atoms with Gasteiger partial charge in [0.2, 0.25) is 0 Å². The van der Waals surface area contributed by atoms with Crippen molar-refractivity contribution in [1.29, 1.82) is 0 Å². The van der Waals surface area contributed by atoms with Crippen molar-refractivity contribution >= 4 is 28.6 Å². The van der Waals surface area contributed by atoms with E-state index >= 15 is 0 Å². The molecule has 0 bridgehead atoms. The maximum absolute atomic E-state index is 13.9. The summed E-state index contributed by atoms with van der Waals surface area (Å²) in [7, 11) is 0. The molecule has 0 spiro atoms. The number of hydrogen-bond donors (Lipinski definition) is 2. The van der Waals surface area contributed by atoms with Crippen molar-refractivity contribution in [1.82, 2.24) is 19.9 Å². The van der Waals surface area contributed by atoms with Gasteiger partial charge in [-0.05, 0) is 42.2 Å². The molecule has 0 aromatic carbocycles. The number of rotatable bonds is 5. The molecule has 3 atom stereocenters. The molecular weight excluding hydrogens is 382 g/mol. The Hall–Kier alpha value is -2.26. The Morgan fingerprint density at radius 1 is 1.32 bits per heavy atom. The van der Waals surface area contributed by atoms with Gasteiger partial charge in [0.25, 0.3) is 6.43 Å². The molecule has 5 rings (SSSR count). The van der Waals surface area contributed by atoms with E-state index < -0.39 is 6.43 Å². The maximum atomic E-state index is 13.9. The van der Waals surface area contributed by atoms with Gasteiger partial charge in [0.05, 0.1) is 10.9 Å². The summed E-state index contributed by atoms with van der Waals surface area (Å²) in [5, 5.41) is 0.961. The second-order valence-electron chi connectivity index (χ2n) is 7.33. The van der Waals surface area contributed by atoms with Crippen LogP contribution in [0.15, 0.2) is 34.6 Å². The highest BCUT2D eigenvalue weighted by Gasteiger charge is 2.54. The monoisotopic (exact) mass is 402 g/mol. The van der Waals surface area contributed by atoms with Crippen LogP contribution in [-0.4, -0.2) is 39.1 Å². The number of nitrogens with two attached hydrogens (primary N) is 1. The summed E-state index contributed by atoms with van der Waals surface area (Å²) in [5.41, 5.74) is 7.07. The van der Waals surface area contributed by atoms with E-state index in [0.717, 1.165) is 18.0 Å². The Morgan fingerprint density at radius 3 is 2.75 bits per heavy atom. The molecule has 3 aromatic rings. The first-order chi connectivity index (χ1) is 13.6. The molecule has 0 radical (unpaired) electrons. The van der Waals surface area contributed by atoms with E-state index in [9.17, 15) is 8.78 Å². The number of piperidine rings is 1. The Balaban J connectivity index is 1.63. The van der Waals surface area contributed by atoms with Crippen molar-refractivity contribution in [2.75, 3.05) is 18.0 Å². The number of anilines is 1. The highest BCUT2D eigenvalue weighted by molar-refractivity contribution is 7.99. The molecule has 4 heterocycles. The van der Waals surface area contributed by atoms with Crippen LogP contribution in [0, 0.1) is 11.8 Å². The highest BCUT2D eigenvalue weighted by Crippen LogP contribution is 2.47. The zero-order chi connectivity index (χ0) is 19.4. The Labute approximate surface area is 165 Å². The van der Waals surface area contributed by atoms with Crippen LogP contribution in [-0.2, 0) is 6.42 Å². The van der Waals surface area contributed by atoms with Gasteiger partial charge in [-0.3, -0.25) is 4.98 Å². The van der Waals surface area contributed by atoms with Crippen LogP contribution in [0.2, 0.25) is 0 Å². The van der Waals surface area contributed by atoms with Gasteiger partial charge in [0, 0.05) is 42.1 Å². The predicted octanol–water partition coefficient (Wildman–Crippen LogP) is 3.40. The summed E-state index contributed by atoms with van der Waals surface area (Å²) < 4.78 is 27.8. The Bertz CT molecular complexity index is 1010. The number of hydrogen-bond acceptors (Lipinski definition) is 6. The van der Waals surface area contributed by atoms with Crippen molar-refractivity contribution in [3.05, 3.63) is 35.8 Å². The lowest BCUT2D eigenvalue weighted by atomic mass is 10.1. The quantitative estimate of drug-likeness (QED) is 0.637. The minimum Gasteiger partial charge on any atom is -0.355 e. The number of nitrogens with one attached hydrogen (secondary N) is 1. The molecule has 3 N–H and O–H groups in total. The van der Waals surface area contributed by atoms with Crippen molar-refractivity contribution in [2.24, 2.45) is 17.6 Å². The van der Waals surface area contributed by atoms with E-state index in [0.29, 0.717) is 46.0 Å². The summed E-state index contributed by atoms with van der Waals surface area (Å²) in [5.74, 6) is 1.44. The van der Waals surface area contributed by atoms with Gasteiger partial charge in [0.1, 0.15) is 11.5 Å². The summed E-state index contributed by atoms with van der Waals surface area (Å²) in [6, 6.07) is 3.99. The lowest BCUT2D eigenvalue weighted by Crippen LogP contribution is -2.29. The van der Waals surface area contributed by atoms with E-state index in [2.05, 4.69) is 19.9 Å². The standard InChI is InChI=1S/C19H20F2N6S/c1-2-12-13(16(20)21)14-17(24-12)25-19(28-9-4-3-5-23-6-9)26-18(14)27-7-10-11(8-27)15(10)22/h3-6,10-11,15-16H,2,7-8,22H2,1H3,(H,24,25,26)/t10-,11+,15+. The van der Waals surface area contributed by atoms with E-state index in [4.69, 9.17) is 10.7 Å². The van der Waals surface area contributed by atoms with Crippen molar-refractivity contribution in [3.8, 4) is 0 Å². The highest BCUT2D eigenvalue weighted by atomic mass is 32.2. The van der Waals surface area contributed by atoms with Gasteiger partial charge in [-0.25, -0.2) is 18.7 Å². The molecule has 3 aromatic heterocycles. The molecule has 0 unspecified atom stereocenters. The van der Waals surface area contributed by atoms with Crippen LogP contribution in [0.1, 0.15) is 24.6 Å². The van der Waals surface area contributed by atoms with Crippen molar-refractivity contribution < 1.29 is 8.78 Å². The largest absolute Gasteiger partial charge is 0.355 e. The second kappa shape index (κ2) is 6.66. The first-order valence-electron chi connectivity index (χ1n) is 9.35. The number of halogens is 2. The van der Waals surface area contributed by atoms with E-state index in [1.165, 1.54) is 11.8 Å². The third-order valence-corrected chi connectivity index (χ3v) is 6.55. The van der Waals surface area contributed by atoms with E-state index in [1.807, 2.05) is 19.1 Å². The number of aromatic nitrogens is 4. The van der Waals surface area contributed by atoms with Crippen LogP contribution in [0.25, 0.3) is 11.0 Å². The molecule has 1 aliphatic heterocycles. The van der Waals surface area contributed by atoms with Crippen LogP contribution in [0.5, 0.6) is 0 Å². The van der Waals surface area contributed by atoms with E-state index in [1.54, 1.807) is 12.4 Å². The molecule has 6 nitrogen and oxygen atoms in total.